The maximum atomic E-state index is 3.52. The summed E-state index contributed by atoms with van der Waals surface area (Å²) in [6.45, 7) is 13.1. The van der Waals surface area contributed by atoms with Gasteiger partial charge in [0.05, 0.1) is 25.7 Å². The minimum Gasteiger partial charge on any atom is -0.331 e. The summed E-state index contributed by atoms with van der Waals surface area (Å²) in [5.74, 6) is 0. The van der Waals surface area contributed by atoms with Gasteiger partial charge in [-0.15, -0.1) is 0 Å². The number of hydrogen-bond acceptors (Lipinski definition) is 0. The highest BCUT2D eigenvalue weighted by molar-refractivity contribution is 9.10. The van der Waals surface area contributed by atoms with Crippen molar-refractivity contribution >= 4 is 15.9 Å². The lowest BCUT2D eigenvalue weighted by molar-refractivity contribution is -1.03. The van der Waals surface area contributed by atoms with Crippen LogP contribution in [0.25, 0.3) is 0 Å². The third-order valence-electron chi connectivity index (χ3n) is 5.74. The summed E-state index contributed by atoms with van der Waals surface area (Å²) >= 11 is 3.52. The van der Waals surface area contributed by atoms with Crippen LogP contribution in [0.1, 0.15) is 25.3 Å². The van der Waals surface area contributed by atoms with Gasteiger partial charge in [-0.2, -0.15) is 0 Å². The molecule has 2 saturated heterocycles. The summed E-state index contributed by atoms with van der Waals surface area (Å²) in [4.78, 5) is 5.48. The second-order valence-corrected chi connectivity index (χ2v) is 8.00. The Morgan fingerprint density at radius 1 is 0.909 bits per heavy atom. The number of benzene rings is 1. The van der Waals surface area contributed by atoms with Crippen LogP contribution in [0.15, 0.2) is 28.7 Å². The van der Waals surface area contributed by atoms with Crippen molar-refractivity contribution in [2.75, 3.05) is 45.8 Å². The van der Waals surface area contributed by atoms with E-state index in [1.165, 1.54) is 75.2 Å². The standard InChI is InChI=1S/C18H28BrN3/c1-2-20-11-13-22(14-12-20)18-7-9-21(10-8-18)15-16-3-5-17(19)6-4-16/h3-6,18H,2,7-15H2,1H3/p+3. The molecule has 2 aliphatic heterocycles. The highest BCUT2D eigenvalue weighted by Gasteiger charge is 2.33. The van der Waals surface area contributed by atoms with Gasteiger partial charge >= 0.3 is 0 Å². The Labute approximate surface area is 143 Å². The predicted octanol–water partition coefficient (Wildman–Crippen LogP) is -1.20. The maximum Gasteiger partial charge on any atom is 0.127 e. The van der Waals surface area contributed by atoms with Crippen LogP contribution in [0, 0.1) is 0 Å². The Morgan fingerprint density at radius 2 is 1.55 bits per heavy atom. The molecule has 2 heterocycles. The van der Waals surface area contributed by atoms with E-state index in [1.54, 1.807) is 4.90 Å². The molecule has 0 aliphatic carbocycles. The highest BCUT2D eigenvalue weighted by Crippen LogP contribution is 2.09. The number of hydrogen-bond donors (Lipinski definition) is 3. The normalized spacial score (nSPS) is 32.8. The van der Waals surface area contributed by atoms with Crippen LogP contribution in [0.4, 0.5) is 0 Å². The van der Waals surface area contributed by atoms with Gasteiger partial charge in [-0.1, -0.05) is 28.1 Å². The largest absolute Gasteiger partial charge is 0.331 e. The Morgan fingerprint density at radius 3 is 2.14 bits per heavy atom. The molecule has 0 unspecified atom stereocenters. The first kappa shape index (κ1) is 16.4. The van der Waals surface area contributed by atoms with Crippen LogP contribution in [-0.4, -0.2) is 51.9 Å². The molecule has 22 heavy (non-hydrogen) atoms. The fourth-order valence-electron chi connectivity index (χ4n) is 4.19. The monoisotopic (exact) mass is 368 g/mol. The van der Waals surface area contributed by atoms with E-state index in [4.69, 9.17) is 0 Å². The summed E-state index contributed by atoms with van der Waals surface area (Å²) in [6.07, 6.45) is 2.84. The zero-order valence-corrected chi connectivity index (χ0v) is 15.4. The molecular formula is C18H31BrN3+3. The molecule has 2 fully saturated rings. The van der Waals surface area contributed by atoms with Crippen molar-refractivity contribution < 1.29 is 14.7 Å². The van der Waals surface area contributed by atoms with Crippen molar-refractivity contribution in [3.63, 3.8) is 0 Å². The maximum absolute atomic E-state index is 3.52. The number of nitrogens with one attached hydrogen (secondary N) is 3. The minimum absolute atomic E-state index is 0.937. The molecule has 0 bridgehead atoms. The third kappa shape index (κ3) is 4.31. The smallest absolute Gasteiger partial charge is 0.127 e. The molecule has 0 spiro atoms. The minimum atomic E-state index is 0.937. The summed E-state index contributed by atoms with van der Waals surface area (Å²) < 4.78 is 1.18. The number of likely N-dealkylation sites (N-methyl/N-ethyl adjacent to an activating group) is 1. The Balaban J connectivity index is 1.43. The van der Waals surface area contributed by atoms with Gasteiger partial charge in [-0.25, -0.2) is 0 Å². The molecular weight excluding hydrogens is 338 g/mol. The van der Waals surface area contributed by atoms with E-state index in [9.17, 15) is 0 Å². The van der Waals surface area contributed by atoms with Gasteiger partial charge in [0.2, 0.25) is 0 Å². The van der Waals surface area contributed by atoms with Gasteiger partial charge in [0.25, 0.3) is 0 Å². The number of piperazine rings is 1. The van der Waals surface area contributed by atoms with E-state index < -0.39 is 0 Å². The van der Waals surface area contributed by atoms with E-state index in [0.717, 1.165) is 6.04 Å². The average Bonchev–Trinajstić information content (AvgIpc) is 2.58. The quantitative estimate of drug-likeness (QED) is 0.591. The molecule has 0 atom stereocenters. The van der Waals surface area contributed by atoms with Gasteiger partial charge < -0.3 is 14.7 Å². The molecule has 1 aromatic rings. The summed E-state index contributed by atoms with van der Waals surface area (Å²) in [7, 11) is 0. The van der Waals surface area contributed by atoms with E-state index in [0.29, 0.717) is 0 Å². The molecule has 3 rings (SSSR count). The first-order chi connectivity index (χ1) is 10.7. The number of likely N-dealkylation sites (tertiary alicyclic amines) is 1. The van der Waals surface area contributed by atoms with Crippen LogP contribution in [-0.2, 0) is 6.54 Å². The van der Waals surface area contributed by atoms with E-state index in [-0.39, 0.29) is 0 Å². The fraction of sp³-hybridized carbons (Fsp3) is 0.667. The highest BCUT2D eigenvalue weighted by atomic mass is 79.9. The molecule has 2 aliphatic rings. The molecule has 0 saturated carbocycles. The SMILES string of the molecule is CC[NH+]1CC[NH+](C2CC[NH+](Cc3ccc(Br)cc3)CC2)CC1. The van der Waals surface area contributed by atoms with E-state index in [1.807, 2.05) is 9.80 Å². The van der Waals surface area contributed by atoms with Crippen molar-refractivity contribution in [3.05, 3.63) is 34.3 Å². The molecule has 3 nitrogen and oxygen atoms in total. The average molecular weight is 369 g/mol. The number of rotatable bonds is 4. The molecule has 1 aromatic carbocycles. The van der Waals surface area contributed by atoms with Gasteiger partial charge in [0.1, 0.15) is 32.7 Å². The summed E-state index contributed by atoms with van der Waals surface area (Å²) in [5.41, 5.74) is 1.48. The van der Waals surface area contributed by atoms with Crippen LogP contribution in [0.3, 0.4) is 0 Å². The van der Waals surface area contributed by atoms with Crippen molar-refractivity contribution in [1.29, 1.82) is 0 Å². The van der Waals surface area contributed by atoms with Crippen LogP contribution >= 0.6 is 15.9 Å². The summed E-state index contributed by atoms with van der Waals surface area (Å²) in [5, 5.41) is 0. The molecule has 4 heteroatoms. The summed E-state index contributed by atoms with van der Waals surface area (Å²) in [6, 6.07) is 9.80. The van der Waals surface area contributed by atoms with E-state index >= 15 is 0 Å². The van der Waals surface area contributed by atoms with Crippen molar-refractivity contribution in [2.24, 2.45) is 0 Å². The number of quaternary nitrogens is 3. The van der Waals surface area contributed by atoms with Gasteiger partial charge in [0.15, 0.2) is 0 Å². The van der Waals surface area contributed by atoms with E-state index in [2.05, 4.69) is 47.1 Å². The van der Waals surface area contributed by atoms with Crippen LogP contribution in [0.2, 0.25) is 0 Å². The first-order valence-electron chi connectivity index (χ1n) is 9.00. The van der Waals surface area contributed by atoms with Crippen molar-refractivity contribution in [3.8, 4) is 0 Å². The second kappa shape index (κ2) is 7.91. The van der Waals surface area contributed by atoms with Gasteiger partial charge in [-0.05, 0) is 19.1 Å². The fourth-order valence-corrected chi connectivity index (χ4v) is 4.45. The lowest BCUT2D eigenvalue weighted by Gasteiger charge is -2.37. The zero-order valence-electron chi connectivity index (χ0n) is 13.8. The topological polar surface area (TPSA) is 13.3 Å². The Bertz CT molecular complexity index is 446. The van der Waals surface area contributed by atoms with Crippen molar-refractivity contribution in [1.82, 2.24) is 0 Å². The third-order valence-corrected chi connectivity index (χ3v) is 6.27. The molecule has 0 radical (unpaired) electrons. The molecule has 0 amide bonds. The first-order valence-corrected chi connectivity index (χ1v) is 9.80. The number of piperidine rings is 1. The number of halogens is 1. The van der Waals surface area contributed by atoms with Crippen LogP contribution in [0.5, 0.6) is 0 Å². The second-order valence-electron chi connectivity index (χ2n) is 7.09. The molecule has 0 aromatic heterocycles. The molecule has 3 N–H and O–H groups in total. The zero-order chi connectivity index (χ0) is 15.4. The van der Waals surface area contributed by atoms with Gasteiger partial charge in [-0.3, -0.25) is 0 Å². The predicted molar refractivity (Wildman–Crippen MR) is 93.5 cm³/mol. The van der Waals surface area contributed by atoms with Crippen LogP contribution < -0.4 is 14.7 Å². The lowest BCUT2D eigenvalue weighted by Crippen LogP contribution is -3.30. The Kier molecular flexibility index (Phi) is 5.91. The lowest BCUT2D eigenvalue weighted by atomic mass is 10.0. The van der Waals surface area contributed by atoms with Crippen molar-refractivity contribution in [2.45, 2.75) is 32.4 Å². The Hall–Kier alpha value is -0.420. The van der Waals surface area contributed by atoms with Gasteiger partial charge in [0, 0.05) is 22.9 Å². The molecule has 122 valence electrons.